The average Bonchev–Trinajstić information content (AvgIpc) is 2.28. The minimum absolute atomic E-state index is 0.0826. The van der Waals surface area contributed by atoms with Crippen molar-refractivity contribution in [1.29, 1.82) is 0 Å². The van der Waals surface area contributed by atoms with E-state index in [4.69, 9.17) is 5.73 Å². The van der Waals surface area contributed by atoms with Gasteiger partial charge in [0.15, 0.2) is 0 Å². The van der Waals surface area contributed by atoms with Gasteiger partial charge in [-0.15, -0.1) is 0 Å². The molecule has 0 fully saturated rings. The molecule has 4 heteroatoms. The van der Waals surface area contributed by atoms with E-state index in [1.54, 1.807) is 6.07 Å². The van der Waals surface area contributed by atoms with Crippen LogP contribution in [0.25, 0.3) is 0 Å². The summed E-state index contributed by atoms with van der Waals surface area (Å²) in [6.45, 7) is 11.6. The molecular formula is C14H26N4. The predicted molar refractivity (Wildman–Crippen MR) is 77.7 cm³/mol. The Morgan fingerprint density at radius 1 is 1.22 bits per heavy atom. The van der Waals surface area contributed by atoms with Crippen LogP contribution in [0.5, 0.6) is 0 Å². The van der Waals surface area contributed by atoms with Crippen molar-refractivity contribution in [2.24, 2.45) is 5.92 Å². The first-order chi connectivity index (χ1) is 8.36. The molecule has 0 saturated carbocycles. The number of hydrogen-bond acceptors (Lipinski definition) is 4. The molecule has 0 aliphatic rings. The number of hydrogen-bond donors (Lipinski definition) is 2. The second kappa shape index (κ2) is 6.03. The van der Waals surface area contributed by atoms with Crippen LogP contribution in [0.3, 0.4) is 0 Å². The van der Waals surface area contributed by atoms with E-state index in [0.29, 0.717) is 11.7 Å². The Morgan fingerprint density at radius 2 is 1.83 bits per heavy atom. The zero-order valence-electron chi connectivity index (χ0n) is 12.2. The van der Waals surface area contributed by atoms with Crippen molar-refractivity contribution in [2.75, 3.05) is 17.6 Å². The van der Waals surface area contributed by atoms with Crippen molar-refractivity contribution in [1.82, 2.24) is 9.97 Å². The lowest BCUT2D eigenvalue weighted by molar-refractivity contribution is 0.516. The highest BCUT2D eigenvalue weighted by Gasteiger charge is 2.18. The molecule has 0 bridgehead atoms. The van der Waals surface area contributed by atoms with Gasteiger partial charge >= 0.3 is 0 Å². The van der Waals surface area contributed by atoms with Crippen molar-refractivity contribution in [3.05, 3.63) is 11.9 Å². The van der Waals surface area contributed by atoms with Crippen LogP contribution in [-0.2, 0) is 5.41 Å². The number of nitrogens with one attached hydrogen (secondary N) is 1. The SMILES string of the molecule is CCC(CC)CNc1cc(N)nc(C(C)(C)C)n1. The topological polar surface area (TPSA) is 63.8 Å². The largest absolute Gasteiger partial charge is 0.384 e. The summed E-state index contributed by atoms with van der Waals surface area (Å²) in [7, 11) is 0. The quantitative estimate of drug-likeness (QED) is 0.842. The number of nitrogen functional groups attached to an aromatic ring is 1. The number of anilines is 2. The Kier molecular flexibility index (Phi) is 4.93. The van der Waals surface area contributed by atoms with E-state index in [9.17, 15) is 0 Å². The maximum atomic E-state index is 5.84. The fourth-order valence-electron chi connectivity index (χ4n) is 1.72. The van der Waals surface area contributed by atoms with Gasteiger partial charge in [0.05, 0.1) is 0 Å². The summed E-state index contributed by atoms with van der Waals surface area (Å²) < 4.78 is 0. The van der Waals surface area contributed by atoms with Crippen molar-refractivity contribution in [3.8, 4) is 0 Å². The van der Waals surface area contributed by atoms with E-state index in [1.807, 2.05) is 0 Å². The third kappa shape index (κ3) is 4.17. The van der Waals surface area contributed by atoms with Gasteiger partial charge in [-0.25, -0.2) is 9.97 Å². The zero-order chi connectivity index (χ0) is 13.8. The molecule has 0 amide bonds. The van der Waals surface area contributed by atoms with E-state index < -0.39 is 0 Å². The smallest absolute Gasteiger partial charge is 0.138 e. The fourth-order valence-corrected chi connectivity index (χ4v) is 1.72. The van der Waals surface area contributed by atoms with E-state index in [1.165, 1.54) is 12.8 Å². The highest BCUT2D eigenvalue weighted by Crippen LogP contribution is 2.21. The lowest BCUT2D eigenvalue weighted by Gasteiger charge is -2.19. The van der Waals surface area contributed by atoms with Gasteiger partial charge in [-0.3, -0.25) is 0 Å². The third-order valence-electron chi connectivity index (χ3n) is 3.14. The van der Waals surface area contributed by atoms with Gasteiger partial charge in [0.2, 0.25) is 0 Å². The molecule has 0 unspecified atom stereocenters. The molecule has 18 heavy (non-hydrogen) atoms. The molecule has 3 N–H and O–H groups in total. The number of nitrogens with zero attached hydrogens (tertiary/aromatic N) is 2. The van der Waals surface area contributed by atoms with Gasteiger partial charge in [-0.2, -0.15) is 0 Å². The summed E-state index contributed by atoms with van der Waals surface area (Å²) >= 11 is 0. The van der Waals surface area contributed by atoms with Gasteiger partial charge in [-0.1, -0.05) is 47.5 Å². The number of aromatic nitrogens is 2. The first-order valence-electron chi connectivity index (χ1n) is 6.75. The molecular weight excluding hydrogens is 224 g/mol. The van der Waals surface area contributed by atoms with Crippen LogP contribution in [0.4, 0.5) is 11.6 Å². The minimum atomic E-state index is -0.0826. The summed E-state index contributed by atoms with van der Waals surface area (Å²) in [4.78, 5) is 8.84. The van der Waals surface area contributed by atoms with Crippen molar-refractivity contribution in [2.45, 2.75) is 52.9 Å². The standard InChI is InChI=1S/C14H26N4/c1-6-10(7-2)9-16-12-8-11(15)17-13(18-12)14(3,4)5/h8,10H,6-7,9H2,1-5H3,(H3,15,16,17,18). The van der Waals surface area contributed by atoms with E-state index in [-0.39, 0.29) is 5.41 Å². The van der Waals surface area contributed by atoms with Crippen LogP contribution >= 0.6 is 0 Å². The normalized spacial score (nSPS) is 11.9. The monoisotopic (exact) mass is 250 g/mol. The first kappa shape index (κ1) is 14.7. The van der Waals surface area contributed by atoms with Crippen LogP contribution in [0, 0.1) is 5.92 Å². The van der Waals surface area contributed by atoms with Gasteiger partial charge in [0.1, 0.15) is 17.5 Å². The molecule has 0 radical (unpaired) electrons. The van der Waals surface area contributed by atoms with Crippen LogP contribution in [0.1, 0.15) is 53.3 Å². The molecule has 0 aliphatic heterocycles. The minimum Gasteiger partial charge on any atom is -0.384 e. The third-order valence-corrected chi connectivity index (χ3v) is 3.14. The van der Waals surface area contributed by atoms with Crippen molar-refractivity contribution in [3.63, 3.8) is 0 Å². The Morgan fingerprint density at radius 3 is 2.33 bits per heavy atom. The highest BCUT2D eigenvalue weighted by molar-refractivity contribution is 5.45. The molecule has 0 atom stereocenters. The Bertz CT molecular complexity index is 378. The van der Waals surface area contributed by atoms with Crippen molar-refractivity contribution >= 4 is 11.6 Å². The van der Waals surface area contributed by atoms with E-state index >= 15 is 0 Å². The highest BCUT2D eigenvalue weighted by atomic mass is 15.1. The van der Waals surface area contributed by atoms with Gasteiger partial charge in [-0.05, 0) is 5.92 Å². The molecule has 0 saturated heterocycles. The Labute approximate surface area is 110 Å². The van der Waals surface area contributed by atoms with E-state index in [0.717, 1.165) is 18.2 Å². The molecule has 0 spiro atoms. The second-order valence-corrected chi connectivity index (χ2v) is 5.82. The van der Waals surface area contributed by atoms with Crippen LogP contribution in [-0.4, -0.2) is 16.5 Å². The summed E-state index contributed by atoms with van der Waals surface area (Å²) in [6.07, 6.45) is 2.35. The van der Waals surface area contributed by atoms with Crippen LogP contribution in [0.2, 0.25) is 0 Å². The van der Waals surface area contributed by atoms with E-state index in [2.05, 4.69) is 49.9 Å². The van der Waals surface area contributed by atoms with Crippen LogP contribution in [0.15, 0.2) is 6.07 Å². The Balaban J connectivity index is 2.81. The molecule has 1 aromatic rings. The zero-order valence-corrected chi connectivity index (χ0v) is 12.2. The van der Waals surface area contributed by atoms with Crippen LogP contribution < -0.4 is 11.1 Å². The lowest BCUT2D eigenvalue weighted by atomic mass is 9.96. The maximum Gasteiger partial charge on any atom is 0.138 e. The second-order valence-electron chi connectivity index (χ2n) is 5.82. The lowest BCUT2D eigenvalue weighted by Crippen LogP contribution is -2.19. The van der Waals surface area contributed by atoms with Gasteiger partial charge in [0, 0.05) is 18.0 Å². The summed E-state index contributed by atoms with van der Waals surface area (Å²) in [5, 5.41) is 3.37. The van der Waals surface area contributed by atoms with Crippen molar-refractivity contribution < 1.29 is 0 Å². The summed E-state index contributed by atoms with van der Waals surface area (Å²) in [5.74, 6) is 2.83. The summed E-state index contributed by atoms with van der Waals surface area (Å²) in [6, 6.07) is 1.80. The molecule has 1 aromatic heterocycles. The number of nitrogens with two attached hydrogens (primary N) is 1. The molecule has 1 heterocycles. The average molecular weight is 250 g/mol. The fraction of sp³-hybridized carbons (Fsp3) is 0.714. The molecule has 102 valence electrons. The molecule has 1 rings (SSSR count). The molecule has 0 aliphatic carbocycles. The number of rotatable bonds is 5. The molecule has 4 nitrogen and oxygen atoms in total. The predicted octanol–water partition coefficient (Wildman–Crippen LogP) is 3.20. The molecule has 0 aromatic carbocycles. The van der Waals surface area contributed by atoms with Gasteiger partial charge < -0.3 is 11.1 Å². The Hall–Kier alpha value is -1.32. The first-order valence-corrected chi connectivity index (χ1v) is 6.75. The maximum absolute atomic E-state index is 5.84. The summed E-state index contributed by atoms with van der Waals surface area (Å²) in [5.41, 5.74) is 5.75. The van der Waals surface area contributed by atoms with Gasteiger partial charge in [0.25, 0.3) is 0 Å².